The average molecular weight is 193 g/mol. The summed E-state index contributed by atoms with van der Waals surface area (Å²) in [6, 6.07) is -1.05. The third kappa shape index (κ3) is 5.40. The second-order valence-corrected chi connectivity index (χ2v) is 5.27. The van der Waals surface area contributed by atoms with Crippen molar-refractivity contribution in [3.8, 4) is 0 Å². The van der Waals surface area contributed by atoms with Crippen LogP contribution >= 0.6 is 0 Å². The van der Waals surface area contributed by atoms with E-state index in [9.17, 15) is 15.0 Å². The molecule has 0 aromatic rings. The van der Waals surface area contributed by atoms with Crippen LogP contribution in [0.4, 0.5) is 0 Å². The number of carboxylic acid groups (broad SMARTS) is 1. The molecule has 4 nitrogen and oxygen atoms in total. The monoisotopic (exact) mass is 193 g/mol. The van der Waals surface area contributed by atoms with Gasteiger partial charge < -0.3 is 20.7 Å². The first kappa shape index (κ1) is 11.7. The Labute approximate surface area is 75.1 Å². The molecule has 3 N–H and O–H groups in total. The van der Waals surface area contributed by atoms with Crippen LogP contribution in [0.3, 0.4) is 0 Å². The topological polar surface area (TPSA) is 86.4 Å². The second-order valence-electron chi connectivity index (χ2n) is 2.97. The van der Waals surface area contributed by atoms with Crippen LogP contribution in [-0.4, -0.2) is 41.5 Å². The maximum Gasteiger partial charge on any atom is 0.133 e. The minimum Gasteiger partial charge on any atom is -0.548 e. The van der Waals surface area contributed by atoms with E-state index < -0.39 is 18.1 Å². The Morgan fingerprint density at radius 2 is 2.17 bits per heavy atom. The van der Waals surface area contributed by atoms with E-state index in [-0.39, 0.29) is 17.3 Å². The molecule has 0 saturated heterocycles. The van der Waals surface area contributed by atoms with Crippen LogP contribution in [0, 0.1) is 0 Å². The second kappa shape index (κ2) is 5.40. The van der Waals surface area contributed by atoms with Crippen molar-refractivity contribution in [1.82, 2.24) is 0 Å². The normalized spacial score (nSPS) is 16.1. The van der Waals surface area contributed by atoms with Crippen LogP contribution in [0.15, 0.2) is 0 Å². The molecule has 0 aromatic carbocycles. The lowest BCUT2D eigenvalue weighted by Gasteiger charge is -2.15. The number of carboxylic acids is 1. The molecule has 0 spiro atoms. The van der Waals surface area contributed by atoms with E-state index in [1.165, 1.54) is 0 Å². The van der Waals surface area contributed by atoms with Crippen LogP contribution in [0.1, 0.15) is 6.42 Å². The quantitative estimate of drug-likeness (QED) is 0.480. The van der Waals surface area contributed by atoms with Crippen molar-refractivity contribution in [1.29, 1.82) is 0 Å². The SMILES string of the molecule is C[S+](C)CC(O)C[C@H](N)C(=O)[O-]. The highest BCUT2D eigenvalue weighted by Crippen LogP contribution is 1.99. The summed E-state index contributed by atoms with van der Waals surface area (Å²) in [7, 11) is 0.106. The minimum absolute atomic E-state index is 0.0769. The van der Waals surface area contributed by atoms with E-state index in [0.29, 0.717) is 5.75 Å². The van der Waals surface area contributed by atoms with E-state index in [4.69, 9.17) is 5.73 Å². The van der Waals surface area contributed by atoms with Crippen molar-refractivity contribution in [2.24, 2.45) is 5.73 Å². The van der Waals surface area contributed by atoms with Gasteiger partial charge in [-0.25, -0.2) is 0 Å². The van der Waals surface area contributed by atoms with E-state index >= 15 is 0 Å². The molecule has 0 saturated carbocycles. The van der Waals surface area contributed by atoms with E-state index in [1.54, 1.807) is 0 Å². The third-order valence-corrected chi connectivity index (χ3v) is 2.41. The van der Waals surface area contributed by atoms with Crippen LogP contribution in [0.25, 0.3) is 0 Å². The Morgan fingerprint density at radius 1 is 1.67 bits per heavy atom. The molecule has 0 aliphatic heterocycles. The molecule has 1 unspecified atom stereocenters. The van der Waals surface area contributed by atoms with Crippen LogP contribution < -0.4 is 10.8 Å². The summed E-state index contributed by atoms with van der Waals surface area (Å²) < 4.78 is 0. The van der Waals surface area contributed by atoms with Gasteiger partial charge in [-0.3, -0.25) is 0 Å². The van der Waals surface area contributed by atoms with Gasteiger partial charge in [0.1, 0.15) is 11.9 Å². The molecular weight excluding hydrogens is 178 g/mol. The number of carbonyl (C=O) groups is 1. The van der Waals surface area contributed by atoms with Crippen molar-refractivity contribution >= 4 is 16.9 Å². The molecule has 12 heavy (non-hydrogen) atoms. The zero-order chi connectivity index (χ0) is 9.72. The molecule has 0 fully saturated rings. The Hall–Kier alpha value is -0.260. The van der Waals surface area contributed by atoms with Crippen LogP contribution in [-0.2, 0) is 15.7 Å². The predicted molar refractivity (Wildman–Crippen MR) is 47.7 cm³/mol. The lowest BCUT2D eigenvalue weighted by Crippen LogP contribution is -2.44. The van der Waals surface area contributed by atoms with Gasteiger partial charge in [-0.1, -0.05) is 0 Å². The van der Waals surface area contributed by atoms with Crippen LogP contribution in [0.5, 0.6) is 0 Å². The fraction of sp³-hybridized carbons (Fsp3) is 0.857. The number of rotatable bonds is 5. The highest BCUT2D eigenvalue weighted by Gasteiger charge is 2.16. The molecule has 2 atom stereocenters. The molecule has 0 radical (unpaired) electrons. The third-order valence-electron chi connectivity index (χ3n) is 1.35. The minimum atomic E-state index is -1.30. The summed E-state index contributed by atoms with van der Waals surface area (Å²) >= 11 is 0. The lowest BCUT2D eigenvalue weighted by atomic mass is 10.1. The maximum atomic E-state index is 10.2. The Kier molecular flexibility index (Phi) is 5.28. The van der Waals surface area contributed by atoms with Crippen molar-refractivity contribution in [3.63, 3.8) is 0 Å². The Balaban J connectivity index is 3.68. The fourth-order valence-electron chi connectivity index (χ4n) is 0.842. The number of aliphatic hydroxyl groups excluding tert-OH is 1. The van der Waals surface area contributed by atoms with E-state index in [2.05, 4.69) is 0 Å². The fourth-order valence-corrected chi connectivity index (χ4v) is 1.75. The van der Waals surface area contributed by atoms with Gasteiger partial charge in [-0.05, 0) is 17.3 Å². The zero-order valence-electron chi connectivity index (χ0n) is 7.32. The van der Waals surface area contributed by atoms with Gasteiger partial charge in [0, 0.05) is 6.04 Å². The van der Waals surface area contributed by atoms with Gasteiger partial charge in [-0.15, -0.1) is 0 Å². The zero-order valence-corrected chi connectivity index (χ0v) is 8.13. The number of carbonyl (C=O) groups excluding carboxylic acids is 1. The van der Waals surface area contributed by atoms with Crippen LogP contribution in [0.2, 0.25) is 0 Å². The van der Waals surface area contributed by atoms with Crippen molar-refractivity contribution in [2.75, 3.05) is 18.3 Å². The van der Waals surface area contributed by atoms with E-state index in [1.807, 2.05) is 12.5 Å². The standard InChI is InChI=1S/C7H15NO3S/c1-12(2)4-5(9)3-6(8)7(10)11/h5-6,9H,3-4,8H2,1-2H3/t5?,6-/m0/s1. The number of nitrogens with two attached hydrogens (primary N) is 1. The molecular formula is C7H15NO3S. The first-order valence-corrected chi connectivity index (χ1v) is 5.83. The van der Waals surface area contributed by atoms with Crippen molar-refractivity contribution in [3.05, 3.63) is 0 Å². The lowest BCUT2D eigenvalue weighted by molar-refractivity contribution is -0.308. The molecule has 72 valence electrons. The van der Waals surface area contributed by atoms with Crippen molar-refractivity contribution < 1.29 is 15.0 Å². The number of hydrogen-bond acceptors (Lipinski definition) is 4. The highest BCUT2D eigenvalue weighted by atomic mass is 32.2. The average Bonchev–Trinajstić information content (AvgIpc) is 1.84. The van der Waals surface area contributed by atoms with Crippen molar-refractivity contribution in [2.45, 2.75) is 18.6 Å². The molecule has 0 aliphatic carbocycles. The number of aliphatic hydroxyl groups is 1. The van der Waals surface area contributed by atoms with Gasteiger partial charge in [0.25, 0.3) is 0 Å². The summed E-state index contributed by atoms with van der Waals surface area (Å²) in [6.07, 6.45) is 3.41. The Morgan fingerprint density at radius 3 is 2.50 bits per heavy atom. The van der Waals surface area contributed by atoms with E-state index in [0.717, 1.165) is 0 Å². The first-order chi connectivity index (χ1) is 5.43. The molecule has 0 aliphatic rings. The smallest absolute Gasteiger partial charge is 0.133 e. The maximum absolute atomic E-state index is 10.2. The number of aliphatic carboxylic acids is 1. The summed E-state index contributed by atoms with van der Waals surface area (Å²) in [4.78, 5) is 10.2. The first-order valence-electron chi connectivity index (χ1n) is 3.62. The molecule has 0 amide bonds. The summed E-state index contributed by atoms with van der Waals surface area (Å²) in [5.41, 5.74) is 5.17. The van der Waals surface area contributed by atoms with Gasteiger partial charge in [-0.2, -0.15) is 0 Å². The summed E-state index contributed by atoms with van der Waals surface area (Å²) in [6.45, 7) is 0. The van der Waals surface area contributed by atoms with Gasteiger partial charge in [0.2, 0.25) is 0 Å². The molecule has 5 heteroatoms. The van der Waals surface area contributed by atoms with Gasteiger partial charge >= 0.3 is 0 Å². The molecule has 0 heterocycles. The highest BCUT2D eigenvalue weighted by molar-refractivity contribution is 7.95. The number of hydrogen-bond donors (Lipinski definition) is 2. The van der Waals surface area contributed by atoms with Gasteiger partial charge in [0.05, 0.1) is 18.5 Å². The Bertz CT molecular complexity index is 152. The predicted octanol–water partition coefficient (Wildman–Crippen LogP) is -2.31. The molecule has 0 rings (SSSR count). The largest absolute Gasteiger partial charge is 0.548 e. The summed E-state index contributed by atoms with van der Waals surface area (Å²) in [5, 5.41) is 19.5. The molecule has 0 bridgehead atoms. The molecule has 0 aromatic heterocycles. The summed E-state index contributed by atoms with van der Waals surface area (Å²) in [5.74, 6) is -0.706. The van der Waals surface area contributed by atoms with Gasteiger partial charge in [0.15, 0.2) is 0 Å².